The van der Waals surface area contributed by atoms with Gasteiger partial charge in [-0.3, -0.25) is 4.79 Å². The van der Waals surface area contributed by atoms with Crippen LogP contribution in [0.5, 0.6) is 0 Å². The van der Waals surface area contributed by atoms with E-state index in [4.69, 9.17) is 24.0 Å². The number of hydrogen-bond acceptors (Lipinski definition) is 6. The van der Waals surface area contributed by atoms with Crippen LogP contribution in [0.15, 0.2) is 0 Å². The fourth-order valence-electron chi connectivity index (χ4n) is 1.26. The van der Waals surface area contributed by atoms with Gasteiger partial charge in [0.1, 0.15) is 0 Å². The predicted octanol–water partition coefficient (Wildman–Crippen LogP) is 0.217. The fraction of sp³-hybridized carbons (Fsp3) is 0.875. The predicted molar refractivity (Wildman–Crippen MR) is 44.0 cm³/mol. The van der Waals surface area contributed by atoms with E-state index in [-0.39, 0.29) is 0 Å². The quantitative estimate of drug-likeness (QED) is 0.374. The topological polar surface area (TPSA) is 63.2 Å². The van der Waals surface area contributed by atoms with Gasteiger partial charge in [0.15, 0.2) is 6.10 Å². The van der Waals surface area contributed by atoms with Gasteiger partial charge in [-0.2, -0.15) is 4.89 Å². The molecule has 1 saturated heterocycles. The van der Waals surface area contributed by atoms with Crippen molar-refractivity contribution in [1.82, 2.24) is 0 Å². The van der Waals surface area contributed by atoms with E-state index in [1.54, 1.807) is 0 Å². The van der Waals surface area contributed by atoms with Crippen molar-refractivity contribution >= 4 is 5.97 Å². The Bertz CT molecular complexity index is 200. The Hall–Kier alpha value is -0.690. The van der Waals surface area contributed by atoms with E-state index >= 15 is 0 Å². The largest absolute Gasteiger partial charge is 0.454 e. The Morgan fingerprint density at radius 2 is 2.07 bits per heavy atom. The Labute approximate surface area is 81.9 Å². The van der Waals surface area contributed by atoms with Crippen LogP contribution in [0.2, 0.25) is 0 Å². The summed E-state index contributed by atoms with van der Waals surface area (Å²) in [5, 5.41) is 0. The molecule has 1 aliphatic heterocycles. The van der Waals surface area contributed by atoms with Crippen LogP contribution in [0.1, 0.15) is 13.3 Å². The number of hydrogen-bond donors (Lipinski definition) is 0. The molecular weight excluding hydrogens is 192 g/mol. The van der Waals surface area contributed by atoms with Gasteiger partial charge < -0.3 is 14.2 Å². The molecule has 1 aliphatic rings. The summed E-state index contributed by atoms with van der Waals surface area (Å²) in [5.74, 6) is -1.87. The summed E-state index contributed by atoms with van der Waals surface area (Å²) in [4.78, 5) is 20.4. The second-order valence-corrected chi connectivity index (χ2v) is 2.80. The minimum Gasteiger partial charge on any atom is -0.454 e. The molecule has 6 heteroatoms. The molecule has 0 aromatic rings. The SMILES string of the molecule is COC1(OC)OOCCC1OC(C)=O. The van der Waals surface area contributed by atoms with Gasteiger partial charge in [0.05, 0.1) is 6.61 Å². The highest BCUT2D eigenvalue weighted by molar-refractivity contribution is 5.66. The molecule has 0 radical (unpaired) electrons. The number of methoxy groups -OCH3 is 2. The summed E-state index contributed by atoms with van der Waals surface area (Å²) in [6, 6.07) is 0. The van der Waals surface area contributed by atoms with Gasteiger partial charge in [-0.05, 0) is 0 Å². The smallest absolute Gasteiger partial charge is 0.349 e. The van der Waals surface area contributed by atoms with Crippen molar-refractivity contribution in [3.05, 3.63) is 0 Å². The number of rotatable bonds is 3. The van der Waals surface area contributed by atoms with Gasteiger partial charge in [0.25, 0.3) is 0 Å². The summed E-state index contributed by atoms with van der Waals surface area (Å²) in [6.45, 7) is 1.64. The molecule has 1 fully saturated rings. The maximum Gasteiger partial charge on any atom is 0.349 e. The monoisotopic (exact) mass is 206 g/mol. The lowest BCUT2D eigenvalue weighted by molar-refractivity contribution is -0.535. The Morgan fingerprint density at radius 3 is 2.57 bits per heavy atom. The Kier molecular flexibility index (Phi) is 3.82. The maximum absolute atomic E-state index is 10.8. The summed E-state index contributed by atoms with van der Waals surface area (Å²) < 4.78 is 15.0. The van der Waals surface area contributed by atoms with Crippen molar-refractivity contribution in [3.63, 3.8) is 0 Å². The van der Waals surface area contributed by atoms with E-state index in [1.807, 2.05) is 0 Å². The lowest BCUT2D eigenvalue weighted by Gasteiger charge is -2.37. The first-order valence-electron chi connectivity index (χ1n) is 4.23. The molecule has 1 heterocycles. The first kappa shape index (κ1) is 11.4. The van der Waals surface area contributed by atoms with Gasteiger partial charge in [-0.15, -0.1) is 0 Å². The van der Waals surface area contributed by atoms with Gasteiger partial charge in [0, 0.05) is 27.6 Å². The zero-order chi connectivity index (χ0) is 10.6. The van der Waals surface area contributed by atoms with Crippen molar-refractivity contribution in [2.24, 2.45) is 0 Å². The number of carbonyl (C=O) groups is 1. The minimum atomic E-state index is -1.45. The molecule has 0 aromatic carbocycles. The third kappa shape index (κ3) is 2.21. The average molecular weight is 206 g/mol. The molecule has 0 N–H and O–H groups in total. The zero-order valence-electron chi connectivity index (χ0n) is 8.44. The number of carbonyl (C=O) groups excluding carboxylic acids is 1. The van der Waals surface area contributed by atoms with E-state index in [0.717, 1.165) is 0 Å². The molecule has 14 heavy (non-hydrogen) atoms. The summed E-state index contributed by atoms with van der Waals surface area (Å²) in [6.07, 6.45) is -0.162. The fourth-order valence-corrected chi connectivity index (χ4v) is 1.26. The Balaban J connectivity index is 2.71. The number of ether oxygens (including phenoxy) is 3. The zero-order valence-corrected chi connectivity index (χ0v) is 8.44. The van der Waals surface area contributed by atoms with Crippen molar-refractivity contribution in [2.75, 3.05) is 20.8 Å². The van der Waals surface area contributed by atoms with Crippen LogP contribution in [-0.4, -0.2) is 38.9 Å². The molecule has 0 saturated carbocycles. The van der Waals surface area contributed by atoms with E-state index in [2.05, 4.69) is 0 Å². The molecule has 1 rings (SSSR count). The molecule has 1 unspecified atom stereocenters. The highest BCUT2D eigenvalue weighted by atomic mass is 17.3. The lowest BCUT2D eigenvalue weighted by atomic mass is 10.2. The second kappa shape index (κ2) is 4.70. The highest BCUT2D eigenvalue weighted by Gasteiger charge is 2.47. The van der Waals surface area contributed by atoms with Crippen molar-refractivity contribution < 1.29 is 28.8 Å². The van der Waals surface area contributed by atoms with Crippen LogP contribution in [0, 0.1) is 0 Å². The van der Waals surface area contributed by atoms with Crippen LogP contribution in [0.3, 0.4) is 0 Å². The van der Waals surface area contributed by atoms with Crippen LogP contribution < -0.4 is 0 Å². The van der Waals surface area contributed by atoms with Crippen LogP contribution >= 0.6 is 0 Å². The van der Waals surface area contributed by atoms with Crippen molar-refractivity contribution in [2.45, 2.75) is 25.4 Å². The van der Waals surface area contributed by atoms with Gasteiger partial charge in [-0.1, -0.05) is 0 Å². The molecule has 0 aliphatic carbocycles. The maximum atomic E-state index is 10.8. The summed E-state index contributed by atoms with van der Waals surface area (Å²) in [7, 11) is 2.77. The van der Waals surface area contributed by atoms with E-state index in [1.165, 1.54) is 21.1 Å². The molecule has 82 valence electrons. The van der Waals surface area contributed by atoms with Crippen LogP contribution in [0.4, 0.5) is 0 Å². The van der Waals surface area contributed by atoms with Gasteiger partial charge in [0.2, 0.25) is 0 Å². The van der Waals surface area contributed by atoms with Gasteiger partial charge >= 0.3 is 11.9 Å². The molecular formula is C8H14O6. The van der Waals surface area contributed by atoms with E-state index < -0.39 is 18.0 Å². The minimum absolute atomic E-state index is 0.326. The standard InChI is InChI=1S/C8H14O6/c1-6(9)13-7-4-5-12-14-8(7,10-2)11-3/h7H,4-5H2,1-3H3. The van der Waals surface area contributed by atoms with E-state index in [9.17, 15) is 4.79 Å². The first-order valence-corrected chi connectivity index (χ1v) is 4.23. The molecule has 0 aromatic heterocycles. The van der Waals surface area contributed by atoms with Crippen molar-refractivity contribution in [3.8, 4) is 0 Å². The molecule has 0 amide bonds. The van der Waals surface area contributed by atoms with E-state index in [0.29, 0.717) is 13.0 Å². The molecule has 6 nitrogen and oxygen atoms in total. The number of esters is 1. The molecule has 0 spiro atoms. The van der Waals surface area contributed by atoms with Crippen LogP contribution in [0.25, 0.3) is 0 Å². The first-order chi connectivity index (χ1) is 6.64. The summed E-state index contributed by atoms with van der Waals surface area (Å²) >= 11 is 0. The van der Waals surface area contributed by atoms with Crippen LogP contribution in [-0.2, 0) is 28.8 Å². The lowest BCUT2D eigenvalue weighted by Crippen LogP contribution is -2.53. The average Bonchev–Trinajstić information content (AvgIpc) is 2.18. The molecule has 1 atom stereocenters. The third-order valence-corrected chi connectivity index (χ3v) is 1.91. The van der Waals surface area contributed by atoms with Crippen molar-refractivity contribution in [1.29, 1.82) is 0 Å². The Morgan fingerprint density at radius 1 is 1.43 bits per heavy atom. The third-order valence-electron chi connectivity index (χ3n) is 1.91. The summed E-state index contributed by atoms with van der Waals surface area (Å²) in [5.41, 5.74) is 0. The van der Waals surface area contributed by atoms with Gasteiger partial charge in [-0.25, -0.2) is 4.89 Å². The molecule has 0 bridgehead atoms. The normalized spacial score (nSPS) is 25.8. The second-order valence-electron chi connectivity index (χ2n) is 2.80. The highest BCUT2D eigenvalue weighted by Crippen LogP contribution is 2.28.